The fourth-order valence-corrected chi connectivity index (χ4v) is 2.66. The van der Waals surface area contributed by atoms with Gasteiger partial charge in [-0.05, 0) is 61.2 Å². The molecule has 0 bridgehead atoms. The highest BCUT2D eigenvalue weighted by Gasteiger charge is 2.22. The Kier molecular flexibility index (Phi) is 6.38. The maximum absolute atomic E-state index is 12.0. The van der Waals surface area contributed by atoms with Gasteiger partial charge in [0.25, 0.3) is 0 Å². The second kappa shape index (κ2) is 7.31. The lowest BCUT2D eigenvalue weighted by molar-refractivity contribution is 0.0107. The third-order valence-electron chi connectivity index (χ3n) is 2.95. The van der Waals surface area contributed by atoms with Crippen molar-refractivity contribution in [1.29, 1.82) is 0 Å². The Hall–Kier alpha value is -0.330. The van der Waals surface area contributed by atoms with Crippen molar-refractivity contribution in [1.82, 2.24) is 4.90 Å². The summed E-state index contributed by atoms with van der Waals surface area (Å²) in [6, 6.07) is 7.53. The summed E-state index contributed by atoms with van der Waals surface area (Å²) in [6.45, 7) is 1.94. The number of benzene rings is 1. The van der Waals surface area contributed by atoms with Crippen molar-refractivity contribution in [3.8, 4) is 0 Å². The number of hydrogen-bond donors (Lipinski definition) is 0. The van der Waals surface area contributed by atoms with Crippen LogP contribution in [0.4, 0.5) is 0 Å². The largest absolute Gasteiger partial charge is 0.457 e. The van der Waals surface area contributed by atoms with Crippen LogP contribution in [0.5, 0.6) is 0 Å². The molecule has 1 heterocycles. The molecule has 2 rings (SSSR count). The van der Waals surface area contributed by atoms with Gasteiger partial charge >= 0.3 is 5.97 Å². The normalized spacial score (nSPS) is 20.0. The van der Waals surface area contributed by atoms with Crippen LogP contribution < -0.4 is 0 Å². The predicted octanol–water partition coefficient (Wildman–Crippen LogP) is 2.96. The zero-order valence-electron chi connectivity index (χ0n) is 10.3. The number of esters is 1. The maximum Gasteiger partial charge on any atom is 0.339 e. The van der Waals surface area contributed by atoms with E-state index in [1.165, 1.54) is 0 Å². The van der Waals surface area contributed by atoms with Gasteiger partial charge in [0, 0.05) is 10.1 Å². The number of hydrogen-bond acceptors (Lipinski definition) is 3. The minimum atomic E-state index is -0.199. The second-order valence-electron chi connectivity index (χ2n) is 4.41. The van der Waals surface area contributed by atoms with Crippen LogP contribution in [-0.2, 0) is 4.74 Å². The van der Waals surface area contributed by atoms with Gasteiger partial charge < -0.3 is 9.64 Å². The molecule has 100 valence electrons. The Morgan fingerprint density at radius 2 is 2.17 bits per heavy atom. The number of ether oxygens (including phenoxy) is 1. The number of likely N-dealkylation sites (N-methyl/N-ethyl adjacent to an activating group) is 1. The Morgan fingerprint density at radius 3 is 2.83 bits per heavy atom. The standard InChI is InChI=1S/C13H16INO2.ClH/c1-15-8-4-5-10(9-15)17-13(16)11-6-2-3-7-12(11)14;/h2-3,6-7,10H,4-5,8-9H2,1H3;1H. The number of piperidine rings is 1. The molecular weight excluding hydrogens is 365 g/mol. The minimum absolute atomic E-state index is 0. The van der Waals surface area contributed by atoms with E-state index in [1.807, 2.05) is 24.3 Å². The van der Waals surface area contributed by atoms with Crippen LogP contribution in [0.25, 0.3) is 0 Å². The van der Waals surface area contributed by atoms with Gasteiger partial charge in [-0.15, -0.1) is 12.4 Å². The molecule has 1 atom stereocenters. The second-order valence-corrected chi connectivity index (χ2v) is 5.57. The quantitative estimate of drug-likeness (QED) is 0.583. The van der Waals surface area contributed by atoms with Crippen LogP contribution in [-0.4, -0.2) is 37.1 Å². The fourth-order valence-electron chi connectivity index (χ4n) is 2.06. The molecule has 1 aliphatic rings. The molecule has 1 aromatic carbocycles. The molecule has 1 aliphatic heterocycles. The van der Waals surface area contributed by atoms with Crippen molar-refractivity contribution < 1.29 is 9.53 Å². The first-order valence-corrected chi connectivity index (χ1v) is 6.89. The van der Waals surface area contributed by atoms with E-state index in [4.69, 9.17) is 4.74 Å². The van der Waals surface area contributed by atoms with Gasteiger partial charge in [-0.25, -0.2) is 4.79 Å². The maximum atomic E-state index is 12.0. The summed E-state index contributed by atoms with van der Waals surface area (Å²) < 4.78 is 6.49. The van der Waals surface area contributed by atoms with E-state index in [9.17, 15) is 4.79 Å². The smallest absolute Gasteiger partial charge is 0.339 e. The van der Waals surface area contributed by atoms with Crippen LogP contribution in [0.15, 0.2) is 24.3 Å². The molecule has 0 radical (unpaired) electrons. The van der Waals surface area contributed by atoms with Gasteiger partial charge in [-0.2, -0.15) is 0 Å². The lowest BCUT2D eigenvalue weighted by Gasteiger charge is -2.29. The van der Waals surface area contributed by atoms with Gasteiger partial charge in [0.2, 0.25) is 0 Å². The average Bonchev–Trinajstić information content (AvgIpc) is 2.29. The van der Waals surface area contributed by atoms with Crippen molar-refractivity contribution in [2.45, 2.75) is 18.9 Å². The summed E-state index contributed by atoms with van der Waals surface area (Å²) in [5, 5.41) is 0. The van der Waals surface area contributed by atoms with E-state index in [2.05, 4.69) is 34.5 Å². The van der Waals surface area contributed by atoms with Crippen LogP contribution >= 0.6 is 35.0 Å². The topological polar surface area (TPSA) is 29.5 Å². The molecule has 3 nitrogen and oxygen atoms in total. The molecule has 1 aromatic rings. The van der Waals surface area contributed by atoms with Gasteiger partial charge in [-0.3, -0.25) is 0 Å². The van der Waals surface area contributed by atoms with Gasteiger partial charge in [0.1, 0.15) is 6.10 Å². The van der Waals surface area contributed by atoms with E-state index in [-0.39, 0.29) is 24.5 Å². The van der Waals surface area contributed by atoms with Crippen molar-refractivity contribution in [2.75, 3.05) is 20.1 Å². The summed E-state index contributed by atoms with van der Waals surface area (Å²) in [7, 11) is 2.06. The first kappa shape index (κ1) is 15.7. The number of nitrogens with zero attached hydrogens (tertiary/aromatic N) is 1. The molecule has 0 amide bonds. The summed E-state index contributed by atoms with van der Waals surface area (Å²) in [6.07, 6.45) is 2.11. The predicted molar refractivity (Wildman–Crippen MR) is 82.3 cm³/mol. The SMILES string of the molecule is CN1CCCC(OC(=O)c2ccccc2I)C1.Cl. The van der Waals surface area contributed by atoms with Crippen LogP contribution in [0.2, 0.25) is 0 Å². The minimum Gasteiger partial charge on any atom is -0.457 e. The number of rotatable bonds is 2. The molecule has 5 heteroatoms. The molecule has 0 aliphatic carbocycles. The Labute approximate surface area is 127 Å². The zero-order chi connectivity index (χ0) is 12.3. The molecule has 0 N–H and O–H groups in total. The van der Waals surface area contributed by atoms with Crippen LogP contribution in [0.3, 0.4) is 0 Å². The molecule has 0 saturated carbocycles. The highest BCUT2D eigenvalue weighted by Crippen LogP contribution is 2.17. The third-order valence-corrected chi connectivity index (χ3v) is 3.89. The summed E-state index contributed by atoms with van der Waals surface area (Å²) in [4.78, 5) is 14.2. The Balaban J connectivity index is 0.00000162. The van der Waals surface area contributed by atoms with Gasteiger partial charge in [-0.1, -0.05) is 12.1 Å². The highest BCUT2D eigenvalue weighted by atomic mass is 127. The molecular formula is C13H17ClINO2. The average molecular weight is 382 g/mol. The van der Waals surface area contributed by atoms with E-state index >= 15 is 0 Å². The van der Waals surface area contributed by atoms with Gasteiger partial charge in [0.15, 0.2) is 0 Å². The molecule has 0 aromatic heterocycles. The van der Waals surface area contributed by atoms with Crippen LogP contribution in [0, 0.1) is 3.57 Å². The molecule has 18 heavy (non-hydrogen) atoms. The highest BCUT2D eigenvalue weighted by molar-refractivity contribution is 14.1. The van der Waals surface area contributed by atoms with Gasteiger partial charge in [0.05, 0.1) is 5.56 Å². The Bertz CT molecular complexity index is 414. The van der Waals surface area contributed by atoms with E-state index in [0.717, 1.165) is 29.5 Å². The lowest BCUT2D eigenvalue weighted by Crippen LogP contribution is -2.38. The van der Waals surface area contributed by atoms with Crippen molar-refractivity contribution in [3.63, 3.8) is 0 Å². The summed E-state index contributed by atoms with van der Waals surface area (Å²) in [5.74, 6) is -0.199. The molecule has 0 spiro atoms. The summed E-state index contributed by atoms with van der Waals surface area (Å²) >= 11 is 2.16. The van der Waals surface area contributed by atoms with Crippen LogP contribution in [0.1, 0.15) is 23.2 Å². The molecule has 1 saturated heterocycles. The summed E-state index contributed by atoms with van der Waals surface area (Å²) in [5.41, 5.74) is 0.668. The van der Waals surface area contributed by atoms with E-state index in [1.54, 1.807) is 0 Å². The van der Waals surface area contributed by atoms with E-state index < -0.39 is 0 Å². The number of halogens is 2. The Morgan fingerprint density at radius 1 is 1.44 bits per heavy atom. The first-order chi connectivity index (χ1) is 8.16. The van der Waals surface area contributed by atoms with E-state index in [0.29, 0.717) is 5.56 Å². The van der Waals surface area contributed by atoms with Crippen molar-refractivity contribution >= 4 is 41.0 Å². The molecule has 1 fully saturated rings. The van der Waals surface area contributed by atoms with Crippen molar-refractivity contribution in [2.24, 2.45) is 0 Å². The monoisotopic (exact) mass is 381 g/mol. The fraction of sp³-hybridized carbons (Fsp3) is 0.462. The third kappa shape index (κ3) is 4.10. The number of carbonyl (C=O) groups excluding carboxylic acids is 1. The number of carbonyl (C=O) groups is 1. The number of likely N-dealkylation sites (tertiary alicyclic amines) is 1. The first-order valence-electron chi connectivity index (χ1n) is 5.81. The zero-order valence-corrected chi connectivity index (χ0v) is 13.2. The molecule has 1 unspecified atom stereocenters. The lowest BCUT2D eigenvalue weighted by atomic mass is 10.1. The van der Waals surface area contributed by atoms with Crippen molar-refractivity contribution in [3.05, 3.63) is 33.4 Å².